The van der Waals surface area contributed by atoms with E-state index in [1.807, 2.05) is 11.3 Å². The zero-order valence-corrected chi connectivity index (χ0v) is 13.4. The fraction of sp³-hybridized carbons (Fsp3) is 0.647. The van der Waals surface area contributed by atoms with Crippen molar-refractivity contribution in [2.24, 2.45) is 5.92 Å². The number of rotatable bonds is 5. The molecular weight excluding hydrogens is 250 g/mol. The number of hydrogen-bond donors (Lipinski definition) is 1. The molecule has 2 rings (SSSR count). The Morgan fingerprint density at radius 1 is 1.32 bits per heavy atom. The third-order valence-corrected chi connectivity index (χ3v) is 4.88. The van der Waals surface area contributed by atoms with E-state index in [1.165, 1.54) is 41.9 Å². The largest absolute Gasteiger partial charge is 0.311 e. The van der Waals surface area contributed by atoms with Crippen LogP contribution >= 0.6 is 11.3 Å². The smallest absolute Gasteiger partial charge is 0.0273 e. The minimum atomic E-state index is 0.567. The lowest BCUT2D eigenvalue weighted by Gasteiger charge is -2.25. The number of nitrogens with one attached hydrogen (secondary N) is 1. The van der Waals surface area contributed by atoms with Crippen LogP contribution in [0.4, 0.5) is 0 Å². The van der Waals surface area contributed by atoms with Gasteiger partial charge in [-0.05, 0) is 43.9 Å². The van der Waals surface area contributed by atoms with Crippen molar-refractivity contribution in [2.75, 3.05) is 6.54 Å². The van der Waals surface area contributed by atoms with Crippen molar-refractivity contribution in [3.8, 4) is 0 Å². The summed E-state index contributed by atoms with van der Waals surface area (Å²) in [6.45, 7) is 7.70. The van der Waals surface area contributed by atoms with Crippen LogP contribution in [0.1, 0.15) is 55.7 Å². The quantitative estimate of drug-likeness (QED) is 0.797. The molecule has 0 atom stereocenters. The minimum Gasteiger partial charge on any atom is -0.311 e. The summed E-state index contributed by atoms with van der Waals surface area (Å²) in [6, 6.07) is 5.06. The van der Waals surface area contributed by atoms with Gasteiger partial charge in [-0.1, -0.05) is 38.7 Å². The Bertz CT molecular complexity index is 411. The number of hydrogen-bond acceptors (Lipinski definition) is 2. The van der Waals surface area contributed by atoms with Crippen LogP contribution in [-0.4, -0.2) is 12.6 Å². The van der Waals surface area contributed by atoms with Crippen LogP contribution in [0, 0.1) is 12.8 Å². The maximum atomic E-state index is 3.61. The van der Waals surface area contributed by atoms with Crippen LogP contribution in [0.25, 0.3) is 6.08 Å². The molecular formula is C17H27NS. The summed E-state index contributed by atoms with van der Waals surface area (Å²) in [5, 5.41) is 3.61. The van der Waals surface area contributed by atoms with Crippen LogP contribution in [0.15, 0.2) is 17.7 Å². The molecule has 0 saturated heterocycles. The normalized spacial score (nSPS) is 18.2. The molecule has 0 aliphatic heterocycles. The molecule has 1 aliphatic rings. The predicted molar refractivity (Wildman–Crippen MR) is 86.7 cm³/mol. The molecule has 1 heterocycles. The molecule has 0 spiro atoms. The van der Waals surface area contributed by atoms with Gasteiger partial charge in [0, 0.05) is 22.3 Å². The van der Waals surface area contributed by atoms with Gasteiger partial charge in [0.25, 0.3) is 0 Å². The lowest BCUT2D eigenvalue weighted by molar-refractivity contribution is 0.394. The summed E-state index contributed by atoms with van der Waals surface area (Å²) in [6.07, 6.45) is 9.47. The third kappa shape index (κ3) is 4.77. The highest BCUT2D eigenvalue weighted by Crippen LogP contribution is 2.31. The standard InChI is InChI=1S/C17H27NS/c1-13(2)18-12-16(15-7-5-4-6-8-15)11-17-10-9-14(3)19-17/h9-11,13,15,18H,4-8,12H2,1-3H3. The molecule has 1 nitrogen and oxygen atoms in total. The Morgan fingerprint density at radius 3 is 2.63 bits per heavy atom. The zero-order chi connectivity index (χ0) is 13.7. The molecule has 1 N–H and O–H groups in total. The minimum absolute atomic E-state index is 0.567. The van der Waals surface area contributed by atoms with Gasteiger partial charge in [0.2, 0.25) is 0 Å². The summed E-state index contributed by atoms with van der Waals surface area (Å²) in [5.74, 6) is 0.808. The molecule has 1 aromatic rings. The summed E-state index contributed by atoms with van der Waals surface area (Å²) < 4.78 is 0. The van der Waals surface area contributed by atoms with Crippen LogP contribution in [-0.2, 0) is 0 Å². The van der Waals surface area contributed by atoms with Crippen molar-refractivity contribution < 1.29 is 0 Å². The predicted octanol–water partition coefficient (Wildman–Crippen LogP) is 5.02. The van der Waals surface area contributed by atoms with E-state index in [1.54, 1.807) is 5.57 Å². The zero-order valence-electron chi connectivity index (χ0n) is 12.5. The topological polar surface area (TPSA) is 12.0 Å². The van der Waals surface area contributed by atoms with Crippen molar-refractivity contribution in [1.82, 2.24) is 5.32 Å². The Labute approximate surface area is 122 Å². The highest BCUT2D eigenvalue weighted by molar-refractivity contribution is 7.12. The van der Waals surface area contributed by atoms with Crippen molar-refractivity contribution in [3.05, 3.63) is 27.5 Å². The molecule has 0 radical (unpaired) electrons. The fourth-order valence-electron chi connectivity index (χ4n) is 2.82. The van der Waals surface area contributed by atoms with E-state index in [4.69, 9.17) is 0 Å². The summed E-state index contributed by atoms with van der Waals surface area (Å²) in [7, 11) is 0. The van der Waals surface area contributed by atoms with E-state index < -0.39 is 0 Å². The molecule has 0 amide bonds. The summed E-state index contributed by atoms with van der Waals surface area (Å²) in [4.78, 5) is 2.83. The monoisotopic (exact) mass is 277 g/mol. The first-order valence-electron chi connectivity index (χ1n) is 7.65. The summed E-state index contributed by atoms with van der Waals surface area (Å²) >= 11 is 1.91. The van der Waals surface area contributed by atoms with Gasteiger partial charge in [-0.3, -0.25) is 0 Å². The maximum Gasteiger partial charge on any atom is 0.0273 e. The molecule has 19 heavy (non-hydrogen) atoms. The Morgan fingerprint density at radius 2 is 2.05 bits per heavy atom. The van der Waals surface area contributed by atoms with Crippen LogP contribution in [0.3, 0.4) is 0 Å². The van der Waals surface area contributed by atoms with Crippen molar-refractivity contribution in [2.45, 2.75) is 58.9 Å². The highest BCUT2D eigenvalue weighted by atomic mass is 32.1. The van der Waals surface area contributed by atoms with Gasteiger partial charge < -0.3 is 5.32 Å². The van der Waals surface area contributed by atoms with Crippen LogP contribution < -0.4 is 5.32 Å². The molecule has 0 bridgehead atoms. The summed E-state index contributed by atoms with van der Waals surface area (Å²) in [5.41, 5.74) is 1.62. The van der Waals surface area contributed by atoms with Crippen molar-refractivity contribution in [3.63, 3.8) is 0 Å². The molecule has 1 fully saturated rings. The first-order chi connectivity index (χ1) is 9.15. The third-order valence-electron chi connectivity index (χ3n) is 3.93. The highest BCUT2D eigenvalue weighted by Gasteiger charge is 2.18. The second-order valence-corrected chi connectivity index (χ2v) is 7.36. The number of thiophene rings is 1. The maximum absolute atomic E-state index is 3.61. The Balaban J connectivity index is 2.10. The van der Waals surface area contributed by atoms with E-state index in [2.05, 4.69) is 44.3 Å². The average molecular weight is 277 g/mol. The Hall–Kier alpha value is -0.600. The van der Waals surface area contributed by atoms with Gasteiger partial charge in [0.05, 0.1) is 0 Å². The second-order valence-electron chi connectivity index (χ2n) is 6.04. The van der Waals surface area contributed by atoms with Gasteiger partial charge in [-0.25, -0.2) is 0 Å². The van der Waals surface area contributed by atoms with E-state index in [9.17, 15) is 0 Å². The molecule has 0 aromatic carbocycles. The molecule has 2 heteroatoms. The van der Waals surface area contributed by atoms with Gasteiger partial charge in [-0.2, -0.15) is 0 Å². The molecule has 106 valence electrons. The van der Waals surface area contributed by atoms with Crippen LogP contribution in [0.2, 0.25) is 0 Å². The molecule has 1 aliphatic carbocycles. The van der Waals surface area contributed by atoms with Crippen molar-refractivity contribution >= 4 is 17.4 Å². The van der Waals surface area contributed by atoms with Gasteiger partial charge in [-0.15, -0.1) is 11.3 Å². The fourth-order valence-corrected chi connectivity index (χ4v) is 3.68. The van der Waals surface area contributed by atoms with Crippen molar-refractivity contribution in [1.29, 1.82) is 0 Å². The van der Waals surface area contributed by atoms with E-state index in [0.29, 0.717) is 6.04 Å². The molecule has 0 unspecified atom stereocenters. The first-order valence-corrected chi connectivity index (χ1v) is 8.47. The lowest BCUT2D eigenvalue weighted by atomic mass is 9.83. The van der Waals surface area contributed by atoms with Crippen LogP contribution in [0.5, 0.6) is 0 Å². The molecule has 1 aromatic heterocycles. The Kier molecular flexibility index (Phi) is 5.65. The van der Waals surface area contributed by atoms with E-state index in [0.717, 1.165) is 12.5 Å². The van der Waals surface area contributed by atoms with Gasteiger partial charge >= 0.3 is 0 Å². The SMILES string of the molecule is Cc1ccc(C=C(CNC(C)C)C2CCCCC2)s1. The number of aryl methyl sites for hydroxylation is 1. The van der Waals surface area contributed by atoms with Gasteiger partial charge in [0.15, 0.2) is 0 Å². The van der Waals surface area contributed by atoms with Gasteiger partial charge in [0.1, 0.15) is 0 Å². The second kappa shape index (κ2) is 7.25. The average Bonchev–Trinajstić information content (AvgIpc) is 2.81. The molecule has 1 saturated carbocycles. The lowest BCUT2D eigenvalue weighted by Crippen LogP contribution is -2.27. The first kappa shape index (κ1) is 14.8. The van der Waals surface area contributed by atoms with E-state index >= 15 is 0 Å². The van der Waals surface area contributed by atoms with E-state index in [-0.39, 0.29) is 0 Å².